The molecule has 0 aliphatic heterocycles. The molecule has 1 amide bonds. The molecule has 1 fully saturated rings. The first-order valence-electron chi connectivity index (χ1n) is 10.0. The van der Waals surface area contributed by atoms with E-state index in [2.05, 4.69) is 5.32 Å². The van der Waals surface area contributed by atoms with Crippen LogP contribution in [0.3, 0.4) is 0 Å². The number of aliphatic carboxylic acids is 1. The van der Waals surface area contributed by atoms with Crippen molar-refractivity contribution >= 4 is 40.8 Å². The second-order valence-corrected chi connectivity index (χ2v) is 8.86. The van der Waals surface area contributed by atoms with Crippen molar-refractivity contribution in [2.45, 2.75) is 50.4 Å². The minimum atomic E-state index is -2.96. The van der Waals surface area contributed by atoms with E-state index in [1.807, 2.05) is 0 Å². The van der Waals surface area contributed by atoms with Gasteiger partial charge in [-0.25, -0.2) is 8.78 Å². The zero-order valence-electron chi connectivity index (χ0n) is 16.9. The van der Waals surface area contributed by atoms with Gasteiger partial charge in [0, 0.05) is 17.4 Å². The first-order valence-corrected chi connectivity index (χ1v) is 10.8. The summed E-state index contributed by atoms with van der Waals surface area (Å²) in [5, 5.41) is 12.4. The van der Waals surface area contributed by atoms with Crippen molar-refractivity contribution in [2.24, 2.45) is 5.92 Å². The number of hydrogen-bond acceptors (Lipinski definition) is 2. The SMILES string of the molecule is C[C@@H](CC(=O)O)c1ccc(Cl)c(NC(=O)C(c2ccc(Cl)cc2)C2CCCC2(F)F)c1. The fraction of sp³-hybridized carbons (Fsp3) is 0.391. The smallest absolute Gasteiger partial charge is 0.303 e. The van der Waals surface area contributed by atoms with Crippen molar-refractivity contribution < 1.29 is 23.5 Å². The first kappa shape index (κ1) is 23.5. The van der Waals surface area contributed by atoms with Crippen LogP contribution in [-0.2, 0) is 9.59 Å². The minimum Gasteiger partial charge on any atom is -0.481 e. The molecule has 2 aromatic carbocycles. The summed E-state index contributed by atoms with van der Waals surface area (Å²) in [6.45, 7) is 1.75. The predicted molar refractivity (Wildman–Crippen MR) is 117 cm³/mol. The van der Waals surface area contributed by atoms with E-state index < -0.39 is 29.6 Å². The maximum Gasteiger partial charge on any atom is 0.303 e. The molecule has 0 spiro atoms. The van der Waals surface area contributed by atoms with Crippen LogP contribution < -0.4 is 5.32 Å². The molecule has 1 saturated carbocycles. The number of alkyl halides is 2. The topological polar surface area (TPSA) is 66.4 Å². The number of hydrogen-bond donors (Lipinski definition) is 2. The predicted octanol–water partition coefficient (Wildman–Crippen LogP) is 6.73. The van der Waals surface area contributed by atoms with Gasteiger partial charge < -0.3 is 10.4 Å². The summed E-state index contributed by atoms with van der Waals surface area (Å²) in [6, 6.07) is 11.2. The van der Waals surface area contributed by atoms with Crippen molar-refractivity contribution in [2.75, 3.05) is 5.32 Å². The number of benzene rings is 2. The molecule has 1 aliphatic carbocycles. The van der Waals surface area contributed by atoms with E-state index in [1.165, 1.54) is 0 Å². The summed E-state index contributed by atoms with van der Waals surface area (Å²) >= 11 is 12.2. The van der Waals surface area contributed by atoms with Crippen molar-refractivity contribution in [3.05, 3.63) is 63.6 Å². The third-order valence-electron chi connectivity index (χ3n) is 5.78. The lowest BCUT2D eigenvalue weighted by Gasteiger charge is -2.28. The largest absolute Gasteiger partial charge is 0.481 e. The van der Waals surface area contributed by atoms with E-state index in [0.717, 1.165) is 0 Å². The van der Waals surface area contributed by atoms with Crippen molar-refractivity contribution in [3.63, 3.8) is 0 Å². The summed E-state index contributed by atoms with van der Waals surface area (Å²) < 4.78 is 29.2. The van der Waals surface area contributed by atoms with Crippen LogP contribution >= 0.6 is 23.2 Å². The van der Waals surface area contributed by atoms with E-state index in [1.54, 1.807) is 49.4 Å². The van der Waals surface area contributed by atoms with E-state index in [-0.39, 0.29) is 35.9 Å². The molecule has 0 bridgehead atoms. The van der Waals surface area contributed by atoms with Crippen LogP contribution in [-0.4, -0.2) is 22.9 Å². The minimum absolute atomic E-state index is 0.0866. The molecule has 8 heteroatoms. The van der Waals surface area contributed by atoms with Crippen LogP contribution in [0.5, 0.6) is 0 Å². The highest BCUT2D eigenvalue weighted by Crippen LogP contribution is 2.48. The summed E-state index contributed by atoms with van der Waals surface area (Å²) in [5.74, 6) is -7.01. The number of carboxylic acids is 1. The number of carboxylic acid groups (broad SMARTS) is 1. The zero-order chi connectivity index (χ0) is 22.8. The molecule has 2 aromatic rings. The van der Waals surface area contributed by atoms with Gasteiger partial charge in [0.2, 0.25) is 5.91 Å². The van der Waals surface area contributed by atoms with Crippen LogP contribution in [0, 0.1) is 5.92 Å². The Balaban J connectivity index is 1.92. The normalized spacial score (nSPS) is 19.6. The fourth-order valence-corrected chi connectivity index (χ4v) is 4.43. The fourth-order valence-electron chi connectivity index (χ4n) is 4.14. The van der Waals surface area contributed by atoms with Gasteiger partial charge in [0.1, 0.15) is 0 Å². The van der Waals surface area contributed by atoms with Crippen LogP contribution in [0.2, 0.25) is 10.0 Å². The lowest BCUT2D eigenvalue weighted by molar-refractivity contribution is -0.137. The molecule has 3 atom stereocenters. The Bertz CT molecular complexity index is 966. The lowest BCUT2D eigenvalue weighted by Crippen LogP contribution is -2.35. The molecule has 0 radical (unpaired) electrons. The molecular weight excluding hydrogens is 447 g/mol. The van der Waals surface area contributed by atoms with Crippen molar-refractivity contribution in [1.82, 2.24) is 0 Å². The van der Waals surface area contributed by atoms with Gasteiger partial charge in [-0.2, -0.15) is 0 Å². The molecule has 4 nitrogen and oxygen atoms in total. The highest BCUT2D eigenvalue weighted by atomic mass is 35.5. The number of halogens is 4. The number of nitrogens with one attached hydrogen (secondary N) is 1. The average Bonchev–Trinajstić information content (AvgIpc) is 3.03. The molecule has 0 heterocycles. The van der Waals surface area contributed by atoms with Gasteiger partial charge in [-0.15, -0.1) is 0 Å². The number of rotatable bonds is 7. The van der Waals surface area contributed by atoms with Gasteiger partial charge in [-0.1, -0.05) is 48.3 Å². The second-order valence-electron chi connectivity index (χ2n) is 8.02. The quantitative estimate of drug-likeness (QED) is 0.472. The highest BCUT2D eigenvalue weighted by molar-refractivity contribution is 6.33. The van der Waals surface area contributed by atoms with Gasteiger partial charge >= 0.3 is 5.97 Å². The van der Waals surface area contributed by atoms with E-state index >= 15 is 0 Å². The van der Waals surface area contributed by atoms with Crippen LogP contribution in [0.15, 0.2) is 42.5 Å². The van der Waals surface area contributed by atoms with Gasteiger partial charge in [0.05, 0.1) is 23.0 Å². The second kappa shape index (κ2) is 9.53. The number of anilines is 1. The van der Waals surface area contributed by atoms with Crippen LogP contribution in [0.4, 0.5) is 14.5 Å². The number of carbonyl (C=O) groups is 2. The highest BCUT2D eigenvalue weighted by Gasteiger charge is 2.50. The van der Waals surface area contributed by atoms with Crippen molar-refractivity contribution in [1.29, 1.82) is 0 Å². The Morgan fingerprint density at radius 2 is 1.81 bits per heavy atom. The molecule has 3 rings (SSSR count). The molecule has 0 aromatic heterocycles. The molecule has 166 valence electrons. The van der Waals surface area contributed by atoms with Gasteiger partial charge in [0.25, 0.3) is 5.92 Å². The summed E-state index contributed by atoms with van der Waals surface area (Å²) in [5.41, 5.74) is 1.40. The van der Waals surface area contributed by atoms with E-state index in [4.69, 9.17) is 28.3 Å². The summed E-state index contributed by atoms with van der Waals surface area (Å²) in [6.07, 6.45) is 0.240. The van der Waals surface area contributed by atoms with Gasteiger partial charge in [-0.3, -0.25) is 9.59 Å². The molecule has 1 aliphatic rings. The molecule has 2 unspecified atom stereocenters. The molecule has 0 saturated heterocycles. The Morgan fingerprint density at radius 3 is 2.39 bits per heavy atom. The standard InChI is InChI=1S/C23H23Cl2F2NO3/c1-13(11-20(29)30)15-6-9-18(25)19(12-15)28-22(31)21(14-4-7-16(24)8-5-14)17-3-2-10-23(17,26)27/h4-9,12-13,17,21H,2-3,10-11H2,1H3,(H,28,31)(H,29,30)/t13-,17?,21?/m0/s1. The third kappa shape index (κ3) is 5.55. The number of amides is 1. The van der Waals surface area contributed by atoms with Gasteiger partial charge in [-0.05, 0) is 54.2 Å². The Labute approximate surface area is 189 Å². The maximum absolute atomic E-state index is 14.6. The maximum atomic E-state index is 14.6. The van der Waals surface area contributed by atoms with E-state index in [0.29, 0.717) is 22.6 Å². The summed E-state index contributed by atoms with van der Waals surface area (Å²) in [7, 11) is 0. The third-order valence-corrected chi connectivity index (χ3v) is 6.36. The number of carbonyl (C=O) groups excluding carboxylic acids is 1. The Morgan fingerprint density at radius 1 is 1.16 bits per heavy atom. The molecule has 31 heavy (non-hydrogen) atoms. The first-order chi connectivity index (χ1) is 14.6. The molecule has 2 N–H and O–H groups in total. The lowest BCUT2D eigenvalue weighted by atomic mass is 9.82. The zero-order valence-corrected chi connectivity index (χ0v) is 18.4. The average molecular weight is 470 g/mol. The van der Waals surface area contributed by atoms with Crippen LogP contribution in [0.25, 0.3) is 0 Å². The Kier molecular flexibility index (Phi) is 7.22. The monoisotopic (exact) mass is 469 g/mol. The van der Waals surface area contributed by atoms with E-state index in [9.17, 15) is 18.4 Å². The van der Waals surface area contributed by atoms with Crippen LogP contribution in [0.1, 0.15) is 55.6 Å². The Hall–Kier alpha value is -2.18. The summed E-state index contributed by atoms with van der Waals surface area (Å²) in [4.78, 5) is 24.3. The van der Waals surface area contributed by atoms with Gasteiger partial charge in [0.15, 0.2) is 0 Å². The molecular formula is C23H23Cl2F2NO3. The van der Waals surface area contributed by atoms with Crippen molar-refractivity contribution in [3.8, 4) is 0 Å².